The molecule has 0 atom stereocenters. The third-order valence-electron chi connectivity index (χ3n) is 4.43. The number of amides is 1. The van der Waals surface area contributed by atoms with Crippen LogP contribution in [0.4, 0.5) is 10.7 Å². The first-order chi connectivity index (χ1) is 15.3. The van der Waals surface area contributed by atoms with Crippen LogP contribution >= 0.6 is 11.3 Å². The summed E-state index contributed by atoms with van der Waals surface area (Å²) in [6, 6.07) is 9.23. The number of ether oxygens (including phenoxy) is 1. The van der Waals surface area contributed by atoms with E-state index in [1.807, 2.05) is 31.1 Å². The summed E-state index contributed by atoms with van der Waals surface area (Å²) in [7, 11) is 5.01. The van der Waals surface area contributed by atoms with Crippen LogP contribution in [0, 0.1) is 6.57 Å². The molecular weight excluding hydrogens is 432 g/mol. The van der Waals surface area contributed by atoms with Crippen LogP contribution in [0.1, 0.15) is 15.2 Å². The van der Waals surface area contributed by atoms with Gasteiger partial charge in [0.1, 0.15) is 0 Å². The van der Waals surface area contributed by atoms with Gasteiger partial charge in [0.05, 0.1) is 34.5 Å². The maximum atomic E-state index is 13.1. The molecule has 1 aliphatic rings. The molecule has 32 heavy (non-hydrogen) atoms. The van der Waals surface area contributed by atoms with E-state index in [1.54, 1.807) is 6.08 Å². The molecular formula is C22H18N4O5S. The minimum atomic E-state index is -1.11. The van der Waals surface area contributed by atoms with Gasteiger partial charge in [-0.2, -0.15) is 0 Å². The molecule has 1 aliphatic heterocycles. The molecule has 3 rings (SSSR count). The predicted octanol–water partition coefficient (Wildman–Crippen LogP) is 3.27. The number of carbonyl (C=O) groups excluding carboxylic acids is 2. The van der Waals surface area contributed by atoms with Crippen LogP contribution in [0.5, 0.6) is 0 Å². The number of hydrogen-bond acceptors (Lipinski definition) is 7. The first kappa shape index (κ1) is 22.5. The van der Waals surface area contributed by atoms with Crippen molar-refractivity contribution in [1.29, 1.82) is 0 Å². The SMILES string of the molecule is [C-]#[N+]C1=NN(c2ccc(C(=O)O)cc2)C(=O)/C1=C(\C=C\c1ccc(N(C)C)s1)C(=O)OC. The fourth-order valence-electron chi connectivity index (χ4n) is 2.83. The Kier molecular flexibility index (Phi) is 6.51. The number of rotatable bonds is 6. The highest BCUT2D eigenvalue weighted by atomic mass is 32.1. The molecule has 1 amide bonds. The fraction of sp³-hybridized carbons (Fsp3) is 0.136. The van der Waals surface area contributed by atoms with E-state index in [4.69, 9.17) is 16.4 Å². The van der Waals surface area contributed by atoms with E-state index >= 15 is 0 Å². The summed E-state index contributed by atoms with van der Waals surface area (Å²) in [5, 5.41) is 15.0. The Morgan fingerprint density at radius 3 is 2.44 bits per heavy atom. The molecule has 1 aromatic carbocycles. The van der Waals surface area contributed by atoms with E-state index in [0.717, 1.165) is 14.9 Å². The van der Waals surface area contributed by atoms with Gasteiger partial charge in [-0.1, -0.05) is 6.57 Å². The number of carboxylic acid groups (broad SMARTS) is 1. The summed E-state index contributed by atoms with van der Waals surface area (Å²) in [6.07, 6.45) is 3.10. The van der Waals surface area contributed by atoms with Crippen molar-refractivity contribution in [2.24, 2.45) is 5.10 Å². The van der Waals surface area contributed by atoms with E-state index in [-0.39, 0.29) is 28.2 Å². The molecule has 1 aromatic heterocycles. The number of hydrogen-bond donors (Lipinski definition) is 1. The lowest BCUT2D eigenvalue weighted by Gasteiger charge is -2.09. The average Bonchev–Trinajstić information content (AvgIpc) is 3.39. The van der Waals surface area contributed by atoms with Crippen LogP contribution < -0.4 is 9.91 Å². The first-order valence-electron chi connectivity index (χ1n) is 9.19. The molecule has 0 bridgehead atoms. The number of carbonyl (C=O) groups is 3. The van der Waals surface area contributed by atoms with E-state index in [2.05, 4.69) is 9.95 Å². The number of nitrogens with zero attached hydrogens (tertiary/aromatic N) is 4. The van der Waals surface area contributed by atoms with Crippen molar-refractivity contribution in [3.63, 3.8) is 0 Å². The molecule has 0 fully saturated rings. The maximum Gasteiger partial charge on any atom is 0.337 e. The van der Waals surface area contributed by atoms with Gasteiger partial charge < -0.3 is 19.6 Å². The van der Waals surface area contributed by atoms with Gasteiger partial charge in [-0.25, -0.2) is 9.59 Å². The topological polar surface area (TPSA) is 104 Å². The van der Waals surface area contributed by atoms with E-state index in [0.29, 0.717) is 0 Å². The van der Waals surface area contributed by atoms with Crippen LogP contribution in [-0.2, 0) is 14.3 Å². The van der Waals surface area contributed by atoms with E-state index in [9.17, 15) is 14.4 Å². The third-order valence-corrected chi connectivity index (χ3v) is 5.65. The van der Waals surface area contributed by atoms with Gasteiger partial charge in [0.25, 0.3) is 5.91 Å². The van der Waals surface area contributed by atoms with Gasteiger partial charge in [-0.05, 0) is 53.7 Å². The highest BCUT2D eigenvalue weighted by Crippen LogP contribution is 2.29. The minimum Gasteiger partial charge on any atom is -0.478 e. The van der Waals surface area contributed by atoms with Crippen molar-refractivity contribution in [2.75, 3.05) is 31.1 Å². The van der Waals surface area contributed by atoms with Crippen LogP contribution in [0.25, 0.3) is 10.9 Å². The molecule has 0 aliphatic carbocycles. The molecule has 2 heterocycles. The second kappa shape index (κ2) is 9.28. The van der Waals surface area contributed by atoms with Crippen LogP contribution in [-0.4, -0.2) is 50.0 Å². The molecule has 0 saturated heterocycles. The zero-order chi connectivity index (χ0) is 23.4. The van der Waals surface area contributed by atoms with Crippen molar-refractivity contribution in [2.45, 2.75) is 0 Å². The Balaban J connectivity index is 2.03. The Hall–Kier alpha value is -4.23. The number of carboxylic acids is 1. The zero-order valence-electron chi connectivity index (χ0n) is 17.4. The molecule has 1 N–H and O–H groups in total. The summed E-state index contributed by atoms with van der Waals surface area (Å²) in [6.45, 7) is 7.43. The van der Waals surface area contributed by atoms with Gasteiger partial charge in [-0.3, -0.25) is 4.79 Å². The third kappa shape index (κ3) is 4.43. The van der Waals surface area contributed by atoms with Crippen molar-refractivity contribution in [3.05, 3.63) is 75.5 Å². The summed E-state index contributed by atoms with van der Waals surface area (Å²) in [4.78, 5) is 42.7. The summed E-state index contributed by atoms with van der Waals surface area (Å²) < 4.78 is 4.83. The Bertz CT molecular complexity index is 1220. The number of hydrazone groups is 1. The van der Waals surface area contributed by atoms with Crippen molar-refractivity contribution in [1.82, 2.24) is 0 Å². The largest absolute Gasteiger partial charge is 0.478 e. The fourth-order valence-corrected chi connectivity index (χ4v) is 3.66. The molecule has 0 radical (unpaired) electrons. The zero-order valence-corrected chi connectivity index (χ0v) is 18.2. The lowest BCUT2D eigenvalue weighted by molar-refractivity contribution is -0.136. The monoisotopic (exact) mass is 450 g/mol. The molecule has 10 heteroatoms. The standard InChI is InChI=1S/C22H18N4O5S/c1-23-19-18(20(27)26(24-19)14-7-5-13(6-8-14)21(28)29)16(22(30)31-4)11-9-15-10-12-17(32-15)25(2)3/h5-12H,2-4H3,(H,28,29)/b11-9+,18-16+. The van der Waals surface area contributed by atoms with Crippen molar-refractivity contribution >= 4 is 51.8 Å². The van der Waals surface area contributed by atoms with Crippen LogP contribution in [0.15, 0.2) is 58.7 Å². The number of methoxy groups -OCH3 is 1. The molecule has 0 unspecified atom stereocenters. The average molecular weight is 450 g/mol. The molecule has 0 saturated carbocycles. The summed E-state index contributed by atoms with van der Waals surface area (Å²) in [5.41, 5.74) is 0.0153. The normalized spacial score (nSPS) is 14.9. The number of benzene rings is 1. The summed E-state index contributed by atoms with van der Waals surface area (Å²) in [5.74, 6) is -2.85. The Labute approximate surface area is 188 Å². The van der Waals surface area contributed by atoms with Crippen LogP contribution in [0.3, 0.4) is 0 Å². The lowest BCUT2D eigenvalue weighted by atomic mass is 10.1. The second-order valence-electron chi connectivity index (χ2n) is 6.69. The maximum absolute atomic E-state index is 13.1. The number of anilines is 2. The molecule has 9 nitrogen and oxygen atoms in total. The van der Waals surface area contributed by atoms with Crippen molar-refractivity contribution < 1.29 is 24.2 Å². The summed E-state index contributed by atoms with van der Waals surface area (Å²) >= 11 is 1.48. The minimum absolute atomic E-state index is 0.0387. The van der Waals surface area contributed by atoms with E-state index in [1.165, 1.54) is 48.8 Å². The van der Waals surface area contributed by atoms with Crippen molar-refractivity contribution in [3.8, 4) is 0 Å². The number of amidine groups is 1. The lowest BCUT2D eigenvalue weighted by Crippen LogP contribution is -2.23. The first-order valence-corrected chi connectivity index (χ1v) is 10.0. The van der Waals surface area contributed by atoms with Crippen LogP contribution in [0.2, 0.25) is 0 Å². The van der Waals surface area contributed by atoms with E-state index < -0.39 is 17.8 Å². The number of aromatic carboxylic acids is 1. The van der Waals surface area contributed by atoms with Gasteiger partial charge >= 0.3 is 17.8 Å². The smallest absolute Gasteiger partial charge is 0.337 e. The molecule has 2 aromatic rings. The number of thiophene rings is 1. The highest BCUT2D eigenvalue weighted by Gasteiger charge is 2.38. The van der Waals surface area contributed by atoms with Gasteiger partial charge in [-0.15, -0.1) is 16.3 Å². The predicted molar refractivity (Wildman–Crippen MR) is 122 cm³/mol. The highest BCUT2D eigenvalue weighted by molar-refractivity contribution is 7.16. The quantitative estimate of drug-likeness (QED) is 0.412. The van der Waals surface area contributed by atoms with Gasteiger partial charge in [0, 0.05) is 19.0 Å². The Morgan fingerprint density at radius 2 is 1.91 bits per heavy atom. The second-order valence-corrected chi connectivity index (χ2v) is 7.78. The number of esters is 1. The molecule has 162 valence electrons. The van der Waals surface area contributed by atoms with Gasteiger partial charge in [0.2, 0.25) is 0 Å². The molecule has 0 spiro atoms. The van der Waals surface area contributed by atoms with Gasteiger partial charge in [0.15, 0.2) is 0 Å². The Morgan fingerprint density at radius 1 is 1.22 bits per heavy atom.